The van der Waals surface area contributed by atoms with Crippen LogP contribution < -0.4 is 15.8 Å². The van der Waals surface area contributed by atoms with E-state index in [0.717, 1.165) is 0 Å². The van der Waals surface area contributed by atoms with E-state index in [0.29, 0.717) is 22.0 Å². The SMILES string of the molecule is COc1ccc(NC(=O)C(OC(=O)c2nccnc2N)c2ccccc2)cc1Cl. The van der Waals surface area contributed by atoms with Gasteiger partial charge in [-0.2, -0.15) is 0 Å². The van der Waals surface area contributed by atoms with E-state index < -0.39 is 18.0 Å². The summed E-state index contributed by atoms with van der Waals surface area (Å²) in [5, 5.41) is 3.01. The van der Waals surface area contributed by atoms with Crippen molar-refractivity contribution >= 4 is 35.0 Å². The highest BCUT2D eigenvalue weighted by Gasteiger charge is 2.27. The number of rotatable bonds is 6. The summed E-state index contributed by atoms with van der Waals surface area (Å²) in [5.41, 5.74) is 6.39. The van der Waals surface area contributed by atoms with Gasteiger partial charge in [0.2, 0.25) is 6.10 Å². The Kier molecular flexibility index (Phi) is 6.25. The van der Waals surface area contributed by atoms with Crippen LogP contribution in [0.25, 0.3) is 0 Å². The van der Waals surface area contributed by atoms with Crippen LogP contribution in [0.1, 0.15) is 22.2 Å². The Morgan fingerprint density at radius 2 is 1.83 bits per heavy atom. The zero-order valence-electron chi connectivity index (χ0n) is 15.3. The molecule has 0 aliphatic carbocycles. The first-order chi connectivity index (χ1) is 14.0. The number of nitrogens with one attached hydrogen (secondary N) is 1. The van der Waals surface area contributed by atoms with Crippen LogP contribution in [0.3, 0.4) is 0 Å². The van der Waals surface area contributed by atoms with Crippen molar-refractivity contribution in [2.75, 3.05) is 18.2 Å². The van der Waals surface area contributed by atoms with Crippen LogP contribution in [-0.2, 0) is 9.53 Å². The molecule has 0 saturated carbocycles. The summed E-state index contributed by atoms with van der Waals surface area (Å²) in [5.74, 6) is -1.07. The van der Waals surface area contributed by atoms with Gasteiger partial charge in [-0.1, -0.05) is 41.9 Å². The predicted octanol–water partition coefficient (Wildman–Crippen LogP) is 3.26. The van der Waals surface area contributed by atoms with Crippen molar-refractivity contribution < 1.29 is 19.1 Å². The molecule has 3 rings (SSSR count). The smallest absolute Gasteiger partial charge is 0.361 e. The molecule has 8 nitrogen and oxygen atoms in total. The molecule has 0 radical (unpaired) electrons. The first kappa shape index (κ1) is 20.1. The van der Waals surface area contributed by atoms with Crippen molar-refractivity contribution in [1.29, 1.82) is 0 Å². The summed E-state index contributed by atoms with van der Waals surface area (Å²) in [6, 6.07) is 13.3. The standard InChI is InChI=1S/C20H17ClN4O4/c1-28-15-8-7-13(11-14(15)21)25-19(26)17(12-5-3-2-4-6-12)29-20(27)16-18(22)24-10-9-23-16/h2-11,17H,1H3,(H2,22,24)(H,25,26). The van der Waals surface area contributed by atoms with Gasteiger partial charge in [0.1, 0.15) is 5.75 Å². The number of ether oxygens (including phenoxy) is 2. The van der Waals surface area contributed by atoms with E-state index in [4.69, 9.17) is 26.8 Å². The third-order valence-electron chi connectivity index (χ3n) is 3.90. The van der Waals surface area contributed by atoms with Gasteiger partial charge in [0.15, 0.2) is 11.5 Å². The zero-order valence-corrected chi connectivity index (χ0v) is 16.1. The van der Waals surface area contributed by atoms with E-state index in [2.05, 4.69) is 15.3 Å². The minimum atomic E-state index is -1.24. The van der Waals surface area contributed by atoms with Gasteiger partial charge in [0, 0.05) is 23.6 Å². The number of hydrogen-bond donors (Lipinski definition) is 2. The number of esters is 1. The quantitative estimate of drug-likeness (QED) is 0.597. The zero-order chi connectivity index (χ0) is 20.8. The Balaban J connectivity index is 1.86. The van der Waals surface area contributed by atoms with E-state index in [1.54, 1.807) is 42.5 Å². The molecule has 1 amide bonds. The van der Waals surface area contributed by atoms with Gasteiger partial charge < -0.3 is 20.5 Å². The second kappa shape index (κ2) is 9.03. The fourth-order valence-corrected chi connectivity index (χ4v) is 2.78. The second-order valence-electron chi connectivity index (χ2n) is 5.82. The Morgan fingerprint density at radius 1 is 1.10 bits per heavy atom. The number of nitrogen functional groups attached to an aromatic ring is 1. The first-order valence-corrected chi connectivity index (χ1v) is 8.84. The molecule has 1 aromatic heterocycles. The molecule has 0 saturated heterocycles. The van der Waals surface area contributed by atoms with Gasteiger partial charge in [-0.25, -0.2) is 14.8 Å². The number of carbonyl (C=O) groups is 2. The van der Waals surface area contributed by atoms with Gasteiger partial charge in [0.05, 0.1) is 12.1 Å². The molecule has 0 spiro atoms. The van der Waals surface area contributed by atoms with Gasteiger partial charge in [-0.3, -0.25) is 4.79 Å². The molecule has 3 aromatic rings. The molecule has 148 valence electrons. The minimum absolute atomic E-state index is 0.0911. The lowest BCUT2D eigenvalue weighted by Gasteiger charge is -2.18. The van der Waals surface area contributed by atoms with Crippen molar-refractivity contribution in [3.63, 3.8) is 0 Å². The number of carbonyl (C=O) groups excluding carboxylic acids is 2. The summed E-state index contributed by atoms with van der Waals surface area (Å²) in [4.78, 5) is 33.1. The first-order valence-electron chi connectivity index (χ1n) is 8.46. The van der Waals surface area contributed by atoms with Gasteiger partial charge >= 0.3 is 5.97 Å². The third-order valence-corrected chi connectivity index (χ3v) is 4.20. The van der Waals surface area contributed by atoms with E-state index in [9.17, 15) is 9.59 Å². The highest BCUT2D eigenvalue weighted by molar-refractivity contribution is 6.32. The number of halogens is 1. The molecule has 1 heterocycles. The van der Waals surface area contributed by atoms with E-state index in [1.807, 2.05) is 0 Å². The molecule has 1 atom stereocenters. The molecule has 0 bridgehead atoms. The summed E-state index contributed by atoms with van der Waals surface area (Å²) < 4.78 is 10.5. The largest absolute Gasteiger partial charge is 0.495 e. The molecule has 29 heavy (non-hydrogen) atoms. The number of nitrogens with zero attached hydrogens (tertiary/aromatic N) is 2. The Hall–Kier alpha value is -3.65. The van der Waals surface area contributed by atoms with Crippen LogP contribution in [0.15, 0.2) is 60.9 Å². The Morgan fingerprint density at radius 3 is 2.48 bits per heavy atom. The van der Waals surface area contributed by atoms with Crippen molar-refractivity contribution in [3.05, 3.63) is 77.2 Å². The molecule has 9 heteroatoms. The summed E-state index contributed by atoms with van der Waals surface area (Å²) in [6.07, 6.45) is 1.41. The van der Waals surface area contributed by atoms with Gasteiger partial charge in [-0.05, 0) is 18.2 Å². The number of benzene rings is 2. The summed E-state index contributed by atoms with van der Waals surface area (Å²) >= 11 is 6.10. The maximum atomic E-state index is 12.9. The summed E-state index contributed by atoms with van der Waals surface area (Å²) in [7, 11) is 1.49. The molecule has 2 aromatic carbocycles. The topological polar surface area (TPSA) is 116 Å². The van der Waals surface area contributed by atoms with E-state index in [-0.39, 0.29) is 11.5 Å². The number of methoxy groups -OCH3 is 1. The number of amides is 1. The third kappa shape index (κ3) is 4.80. The average Bonchev–Trinajstić information content (AvgIpc) is 2.73. The highest BCUT2D eigenvalue weighted by atomic mass is 35.5. The highest BCUT2D eigenvalue weighted by Crippen LogP contribution is 2.28. The van der Waals surface area contributed by atoms with Gasteiger partial charge in [-0.15, -0.1) is 0 Å². The fraction of sp³-hybridized carbons (Fsp3) is 0.100. The molecular weight excluding hydrogens is 396 g/mol. The van der Waals surface area contributed by atoms with Crippen molar-refractivity contribution in [3.8, 4) is 5.75 Å². The van der Waals surface area contributed by atoms with Crippen molar-refractivity contribution in [1.82, 2.24) is 9.97 Å². The number of nitrogens with two attached hydrogens (primary N) is 1. The lowest BCUT2D eigenvalue weighted by molar-refractivity contribution is -0.125. The lowest BCUT2D eigenvalue weighted by Crippen LogP contribution is -2.26. The molecular formula is C20H17ClN4O4. The van der Waals surface area contributed by atoms with Crippen LogP contribution in [0.4, 0.5) is 11.5 Å². The van der Waals surface area contributed by atoms with Crippen LogP contribution in [0.5, 0.6) is 5.75 Å². The molecule has 3 N–H and O–H groups in total. The molecule has 1 unspecified atom stereocenters. The lowest BCUT2D eigenvalue weighted by atomic mass is 10.1. The molecule has 0 aliphatic rings. The van der Waals surface area contributed by atoms with Crippen LogP contribution in [0.2, 0.25) is 5.02 Å². The van der Waals surface area contributed by atoms with Crippen LogP contribution in [0, 0.1) is 0 Å². The van der Waals surface area contributed by atoms with Gasteiger partial charge in [0.25, 0.3) is 5.91 Å². The average molecular weight is 413 g/mol. The maximum Gasteiger partial charge on any atom is 0.361 e. The monoisotopic (exact) mass is 412 g/mol. The fourth-order valence-electron chi connectivity index (χ4n) is 2.52. The minimum Gasteiger partial charge on any atom is -0.495 e. The van der Waals surface area contributed by atoms with Crippen LogP contribution >= 0.6 is 11.6 Å². The Bertz CT molecular complexity index is 1030. The number of aromatic nitrogens is 2. The van der Waals surface area contributed by atoms with Crippen molar-refractivity contribution in [2.45, 2.75) is 6.10 Å². The molecule has 0 aliphatic heterocycles. The number of anilines is 2. The van der Waals surface area contributed by atoms with Crippen molar-refractivity contribution in [2.24, 2.45) is 0 Å². The normalized spacial score (nSPS) is 11.4. The maximum absolute atomic E-state index is 12.9. The number of hydrogen-bond acceptors (Lipinski definition) is 7. The predicted molar refractivity (Wildman–Crippen MR) is 108 cm³/mol. The summed E-state index contributed by atoms with van der Waals surface area (Å²) in [6.45, 7) is 0. The second-order valence-corrected chi connectivity index (χ2v) is 6.23. The molecule has 0 fully saturated rings. The Labute approximate surface area is 171 Å². The van der Waals surface area contributed by atoms with E-state index >= 15 is 0 Å². The van der Waals surface area contributed by atoms with E-state index in [1.165, 1.54) is 25.6 Å². The van der Waals surface area contributed by atoms with Crippen LogP contribution in [-0.4, -0.2) is 29.0 Å².